The summed E-state index contributed by atoms with van der Waals surface area (Å²) in [6.07, 6.45) is 9.19. The fraction of sp³-hybridized carbons (Fsp3) is 0.778. The number of carbonyl (C=O) groups excluding carboxylic acids is 1. The maximum atomic E-state index is 12.3. The highest BCUT2D eigenvalue weighted by molar-refractivity contribution is 5.92. The average Bonchev–Trinajstić information content (AvgIpc) is 3.22. The molecule has 0 unspecified atom stereocenters. The number of amides is 1. The zero-order chi connectivity index (χ0) is 16.2. The van der Waals surface area contributed by atoms with E-state index in [0.29, 0.717) is 11.7 Å². The molecule has 23 heavy (non-hydrogen) atoms. The molecule has 1 N–H and O–H groups in total. The van der Waals surface area contributed by atoms with Crippen molar-refractivity contribution in [2.45, 2.75) is 76.8 Å². The van der Waals surface area contributed by atoms with Crippen molar-refractivity contribution < 1.29 is 9.32 Å². The van der Waals surface area contributed by atoms with E-state index in [2.05, 4.69) is 15.4 Å². The van der Waals surface area contributed by atoms with E-state index in [0.717, 1.165) is 18.3 Å². The molecule has 1 aliphatic carbocycles. The summed E-state index contributed by atoms with van der Waals surface area (Å²) < 4.78 is 5.21. The molecule has 128 valence electrons. The van der Waals surface area contributed by atoms with E-state index >= 15 is 0 Å². The van der Waals surface area contributed by atoms with Crippen molar-refractivity contribution in [1.29, 1.82) is 0 Å². The number of carbonyl (C=O) groups is 1. The Balaban J connectivity index is 1.52. The van der Waals surface area contributed by atoms with Crippen LogP contribution in [0.25, 0.3) is 0 Å². The van der Waals surface area contributed by atoms with Crippen LogP contribution in [0.15, 0.2) is 10.6 Å². The zero-order valence-corrected chi connectivity index (χ0v) is 14.4. The van der Waals surface area contributed by atoms with E-state index in [1.807, 2.05) is 13.8 Å². The highest BCUT2D eigenvalue weighted by Crippen LogP contribution is 2.28. The summed E-state index contributed by atoms with van der Waals surface area (Å²) in [7, 11) is 0. The van der Waals surface area contributed by atoms with Gasteiger partial charge in [-0.2, -0.15) is 0 Å². The summed E-state index contributed by atoms with van der Waals surface area (Å²) in [5.41, 5.74) is 0.399. The summed E-state index contributed by atoms with van der Waals surface area (Å²) >= 11 is 0. The van der Waals surface area contributed by atoms with Crippen LogP contribution < -0.4 is 5.32 Å². The minimum Gasteiger partial charge on any atom is -0.360 e. The van der Waals surface area contributed by atoms with Gasteiger partial charge in [0, 0.05) is 30.6 Å². The normalized spacial score (nSPS) is 23.5. The van der Waals surface area contributed by atoms with Crippen molar-refractivity contribution in [3.05, 3.63) is 17.5 Å². The maximum absolute atomic E-state index is 12.3. The Hall–Kier alpha value is -1.36. The number of nitrogens with zero attached hydrogens (tertiary/aromatic N) is 2. The van der Waals surface area contributed by atoms with Crippen molar-refractivity contribution in [2.75, 3.05) is 13.1 Å². The molecule has 2 heterocycles. The predicted octanol–water partition coefficient (Wildman–Crippen LogP) is 3.32. The van der Waals surface area contributed by atoms with Crippen LogP contribution in [-0.2, 0) is 0 Å². The maximum Gasteiger partial charge on any atom is 0.273 e. The third-order valence-electron chi connectivity index (χ3n) is 5.29. The van der Waals surface area contributed by atoms with E-state index in [1.54, 1.807) is 6.07 Å². The topological polar surface area (TPSA) is 58.4 Å². The lowest BCUT2D eigenvalue weighted by molar-refractivity contribution is 0.0911. The van der Waals surface area contributed by atoms with E-state index in [9.17, 15) is 4.79 Å². The summed E-state index contributed by atoms with van der Waals surface area (Å²) in [6, 6.07) is 2.97. The Bertz CT molecular complexity index is 520. The molecule has 0 radical (unpaired) electrons. The lowest BCUT2D eigenvalue weighted by Crippen LogP contribution is -2.45. The van der Waals surface area contributed by atoms with Crippen molar-refractivity contribution in [3.63, 3.8) is 0 Å². The van der Waals surface area contributed by atoms with Crippen molar-refractivity contribution in [2.24, 2.45) is 0 Å². The first-order valence-electron chi connectivity index (χ1n) is 9.15. The lowest BCUT2D eigenvalue weighted by Gasteiger charge is -2.35. The van der Waals surface area contributed by atoms with Crippen molar-refractivity contribution in [1.82, 2.24) is 15.4 Å². The third kappa shape index (κ3) is 3.94. The van der Waals surface area contributed by atoms with Gasteiger partial charge in [0.25, 0.3) is 5.91 Å². The molecule has 1 aromatic rings. The molecular formula is C18H29N3O2. The van der Waals surface area contributed by atoms with Crippen molar-refractivity contribution >= 4 is 5.91 Å². The number of nitrogens with one attached hydrogen (secondary N) is 1. The molecule has 0 aromatic carbocycles. The molecule has 2 aliphatic rings. The van der Waals surface area contributed by atoms with E-state index in [4.69, 9.17) is 4.52 Å². The zero-order valence-electron chi connectivity index (χ0n) is 14.4. The largest absolute Gasteiger partial charge is 0.360 e. The Morgan fingerprint density at radius 1 is 1.30 bits per heavy atom. The third-order valence-corrected chi connectivity index (χ3v) is 5.29. The van der Waals surface area contributed by atoms with E-state index in [1.165, 1.54) is 51.5 Å². The van der Waals surface area contributed by atoms with Gasteiger partial charge in [-0.3, -0.25) is 9.69 Å². The summed E-state index contributed by atoms with van der Waals surface area (Å²) in [6.45, 7) is 5.97. The van der Waals surface area contributed by atoms with Gasteiger partial charge in [0.2, 0.25) is 0 Å². The molecule has 1 atom stereocenters. The summed E-state index contributed by atoms with van der Waals surface area (Å²) in [4.78, 5) is 14.9. The van der Waals surface area contributed by atoms with Crippen LogP contribution >= 0.6 is 0 Å². The van der Waals surface area contributed by atoms with Crippen LogP contribution in [0.4, 0.5) is 0 Å². The minimum atomic E-state index is -0.115. The van der Waals surface area contributed by atoms with Crippen LogP contribution in [-0.4, -0.2) is 41.1 Å². The molecule has 1 amide bonds. The Kier molecular flexibility index (Phi) is 5.36. The molecule has 1 aliphatic heterocycles. The molecular weight excluding hydrogens is 290 g/mol. The van der Waals surface area contributed by atoms with Crippen LogP contribution in [0, 0.1) is 0 Å². The van der Waals surface area contributed by atoms with E-state index in [-0.39, 0.29) is 11.8 Å². The second-order valence-corrected chi connectivity index (χ2v) is 7.30. The van der Waals surface area contributed by atoms with Crippen LogP contribution in [0.3, 0.4) is 0 Å². The van der Waals surface area contributed by atoms with Gasteiger partial charge >= 0.3 is 0 Å². The van der Waals surface area contributed by atoms with Crippen LogP contribution in [0.5, 0.6) is 0 Å². The van der Waals surface area contributed by atoms with Gasteiger partial charge in [-0.25, -0.2) is 0 Å². The van der Waals surface area contributed by atoms with Crippen LogP contribution in [0.1, 0.15) is 81.0 Å². The molecule has 2 fully saturated rings. The Morgan fingerprint density at radius 2 is 2.09 bits per heavy atom. The van der Waals surface area contributed by atoms with Gasteiger partial charge in [0.1, 0.15) is 5.76 Å². The molecule has 1 aromatic heterocycles. The number of likely N-dealkylation sites (tertiary alicyclic amines) is 1. The number of hydrogen-bond donors (Lipinski definition) is 1. The monoisotopic (exact) mass is 319 g/mol. The highest BCUT2D eigenvalue weighted by atomic mass is 16.5. The first-order chi connectivity index (χ1) is 11.1. The van der Waals surface area contributed by atoms with Crippen molar-refractivity contribution in [3.8, 4) is 0 Å². The number of aromatic nitrogens is 1. The first-order valence-corrected chi connectivity index (χ1v) is 9.15. The summed E-state index contributed by atoms with van der Waals surface area (Å²) in [5.74, 6) is 0.900. The predicted molar refractivity (Wildman–Crippen MR) is 89.5 cm³/mol. The molecule has 5 heteroatoms. The molecule has 1 saturated heterocycles. The fourth-order valence-corrected chi connectivity index (χ4v) is 3.94. The smallest absolute Gasteiger partial charge is 0.273 e. The summed E-state index contributed by atoms with van der Waals surface area (Å²) in [5, 5.41) is 6.95. The Labute approximate surface area is 138 Å². The number of rotatable bonds is 5. The van der Waals surface area contributed by atoms with Gasteiger partial charge in [0.15, 0.2) is 5.69 Å². The molecule has 1 saturated carbocycles. The molecule has 0 bridgehead atoms. The van der Waals surface area contributed by atoms with Crippen LogP contribution in [0.2, 0.25) is 0 Å². The highest BCUT2D eigenvalue weighted by Gasteiger charge is 2.31. The van der Waals surface area contributed by atoms with E-state index < -0.39 is 0 Å². The average molecular weight is 319 g/mol. The molecule has 3 rings (SSSR count). The second kappa shape index (κ2) is 7.47. The van der Waals surface area contributed by atoms with Gasteiger partial charge in [-0.05, 0) is 32.2 Å². The molecule has 5 nitrogen and oxygen atoms in total. The van der Waals surface area contributed by atoms with Gasteiger partial charge < -0.3 is 9.84 Å². The second-order valence-electron chi connectivity index (χ2n) is 7.30. The lowest BCUT2D eigenvalue weighted by atomic mass is 9.94. The van der Waals surface area contributed by atoms with Gasteiger partial charge in [-0.1, -0.05) is 38.3 Å². The Morgan fingerprint density at radius 3 is 2.78 bits per heavy atom. The molecule has 0 spiro atoms. The first kappa shape index (κ1) is 16.5. The quantitative estimate of drug-likeness (QED) is 0.904. The number of hydrogen-bond acceptors (Lipinski definition) is 4. The fourth-order valence-electron chi connectivity index (χ4n) is 3.94. The van der Waals surface area contributed by atoms with Gasteiger partial charge in [0.05, 0.1) is 0 Å². The standard InChI is InChI=1S/C18H29N3O2/c1-13(2)17-11-16(20-23-17)18(22)19-12-15-9-6-10-21(15)14-7-4-3-5-8-14/h11,13-15H,3-10,12H2,1-2H3,(H,19,22)/t15-/m0/s1. The van der Waals surface area contributed by atoms with Gasteiger partial charge in [-0.15, -0.1) is 0 Å². The SMILES string of the molecule is CC(C)c1cc(C(=O)NC[C@@H]2CCCN2C2CCCCC2)no1. The minimum absolute atomic E-state index is 0.115.